The first-order valence-electron chi connectivity index (χ1n) is 10.9. The molecule has 0 aliphatic heterocycles. The Bertz CT molecular complexity index is 1320. The van der Waals surface area contributed by atoms with E-state index in [1.165, 1.54) is 12.3 Å². The summed E-state index contributed by atoms with van der Waals surface area (Å²) in [7, 11) is 0. The second-order valence-electron chi connectivity index (χ2n) is 7.18. The number of amides is 2. The number of nitrogens with zero attached hydrogens (tertiary/aromatic N) is 2. The third kappa shape index (κ3) is 8.69. The number of benzene rings is 1. The molecule has 36 heavy (non-hydrogen) atoms. The third-order valence-electron chi connectivity index (χ3n) is 4.48. The van der Waals surface area contributed by atoms with Crippen LogP contribution in [-0.4, -0.2) is 32.6 Å². The normalized spacial score (nSPS) is 11.3. The number of aromatic amines is 1. The van der Waals surface area contributed by atoms with Crippen LogP contribution in [0, 0.1) is 0 Å². The van der Waals surface area contributed by atoms with Crippen molar-refractivity contribution in [3.05, 3.63) is 108 Å². The minimum Gasteiger partial charge on any atom is -0.337 e. The first-order valence-corrected chi connectivity index (χ1v) is 11.8. The summed E-state index contributed by atoms with van der Waals surface area (Å²) < 4.78 is 0. The number of imidazole rings is 1. The number of allylic oxidation sites excluding steroid dienone is 6. The van der Waals surface area contributed by atoms with E-state index in [4.69, 9.17) is 23.2 Å². The number of rotatable bonds is 8. The number of hydrogen-bond donors (Lipinski definition) is 3. The van der Waals surface area contributed by atoms with Gasteiger partial charge in [-0.05, 0) is 62.4 Å². The Morgan fingerprint density at radius 3 is 2.44 bits per heavy atom. The second-order valence-corrected chi connectivity index (χ2v) is 7.92. The molecule has 3 rings (SSSR count). The zero-order valence-corrected chi connectivity index (χ0v) is 21.5. The summed E-state index contributed by atoms with van der Waals surface area (Å²) in [6.45, 7) is 11.0. The molecule has 3 aromatic rings. The molecular formula is C27H27Cl2N5O2. The van der Waals surface area contributed by atoms with Crippen LogP contribution < -0.4 is 10.6 Å². The molecule has 9 heteroatoms. The lowest BCUT2D eigenvalue weighted by Gasteiger charge is -2.06. The predicted molar refractivity (Wildman–Crippen MR) is 149 cm³/mol. The van der Waals surface area contributed by atoms with E-state index in [-0.39, 0.29) is 11.8 Å². The number of pyridine rings is 1. The van der Waals surface area contributed by atoms with Crippen molar-refractivity contribution in [2.24, 2.45) is 0 Å². The van der Waals surface area contributed by atoms with Crippen molar-refractivity contribution in [2.75, 3.05) is 11.2 Å². The van der Waals surface area contributed by atoms with Crippen LogP contribution in [0.2, 0.25) is 5.02 Å². The van der Waals surface area contributed by atoms with Crippen LogP contribution in [0.3, 0.4) is 0 Å². The van der Waals surface area contributed by atoms with Crippen LogP contribution >= 0.6 is 23.2 Å². The monoisotopic (exact) mass is 523 g/mol. The summed E-state index contributed by atoms with van der Waals surface area (Å²) in [5, 5.41) is 6.13. The molecule has 2 aromatic heterocycles. The largest absolute Gasteiger partial charge is 0.337 e. The third-order valence-corrected chi connectivity index (χ3v) is 4.95. The molecule has 2 heterocycles. The van der Waals surface area contributed by atoms with Crippen molar-refractivity contribution in [1.82, 2.24) is 20.3 Å². The lowest BCUT2D eigenvalue weighted by Crippen LogP contribution is -2.21. The molecule has 0 bridgehead atoms. The Morgan fingerprint density at radius 2 is 1.83 bits per heavy atom. The predicted octanol–water partition coefficient (Wildman–Crippen LogP) is 6.44. The smallest absolute Gasteiger partial charge is 0.255 e. The van der Waals surface area contributed by atoms with Gasteiger partial charge in [0, 0.05) is 27.7 Å². The molecule has 0 radical (unpaired) electrons. The zero-order valence-electron chi connectivity index (χ0n) is 20.0. The summed E-state index contributed by atoms with van der Waals surface area (Å²) in [5.41, 5.74) is 3.42. The van der Waals surface area contributed by atoms with Gasteiger partial charge in [-0.3, -0.25) is 9.59 Å². The Labute approximate surface area is 220 Å². The van der Waals surface area contributed by atoms with Gasteiger partial charge in [0.15, 0.2) is 5.65 Å². The van der Waals surface area contributed by atoms with E-state index in [1.54, 1.807) is 67.6 Å². The number of H-pyrrole nitrogens is 1. The molecule has 186 valence electrons. The van der Waals surface area contributed by atoms with Crippen LogP contribution in [0.1, 0.15) is 30.0 Å². The fraction of sp³-hybridized carbons (Fsp3) is 0.111. The summed E-state index contributed by atoms with van der Waals surface area (Å²) in [4.78, 5) is 35.9. The van der Waals surface area contributed by atoms with E-state index in [0.717, 1.165) is 0 Å². The zero-order chi connectivity index (χ0) is 26.5. The first-order chi connectivity index (χ1) is 17.3. The molecule has 1 aromatic carbocycles. The lowest BCUT2D eigenvalue weighted by molar-refractivity contribution is -0.111. The molecule has 0 saturated carbocycles. The van der Waals surface area contributed by atoms with Gasteiger partial charge < -0.3 is 15.6 Å². The van der Waals surface area contributed by atoms with Gasteiger partial charge in [-0.2, -0.15) is 0 Å². The Hall–Kier alpha value is -3.94. The molecule has 7 nitrogen and oxygen atoms in total. The molecule has 0 aliphatic rings. The van der Waals surface area contributed by atoms with E-state index in [0.29, 0.717) is 50.4 Å². The van der Waals surface area contributed by atoms with Crippen molar-refractivity contribution < 1.29 is 9.59 Å². The Morgan fingerprint density at radius 1 is 1.14 bits per heavy atom. The number of hydrogen-bond acceptors (Lipinski definition) is 4. The van der Waals surface area contributed by atoms with E-state index in [9.17, 15) is 9.59 Å². The fourth-order valence-corrected chi connectivity index (χ4v) is 2.87. The Kier molecular flexibility index (Phi) is 11.4. The highest BCUT2D eigenvalue weighted by Gasteiger charge is 2.09. The van der Waals surface area contributed by atoms with Crippen LogP contribution in [0.25, 0.3) is 16.7 Å². The topological polar surface area (TPSA) is 99.8 Å². The summed E-state index contributed by atoms with van der Waals surface area (Å²) >= 11 is 10.9. The number of nitrogens with one attached hydrogen (secondary N) is 3. The summed E-state index contributed by atoms with van der Waals surface area (Å²) in [5.74, 6) is 0.603. The summed E-state index contributed by atoms with van der Waals surface area (Å²) in [6.07, 6.45) is 11.5. The molecule has 0 atom stereocenters. The van der Waals surface area contributed by atoms with Gasteiger partial charge in [0.25, 0.3) is 5.91 Å². The maximum atomic E-state index is 12.4. The average molecular weight is 524 g/mol. The van der Waals surface area contributed by atoms with Gasteiger partial charge in [0.1, 0.15) is 5.82 Å². The van der Waals surface area contributed by atoms with Gasteiger partial charge in [0.05, 0.1) is 17.4 Å². The number of halogens is 2. The number of fused-ring (bicyclic) bond motifs is 1. The standard InChI is InChI=1S/C24H22ClN5O2.C3H5Cl/c1-4-6-21(31)27-19-13-20-23(26-14-19)30-22(29-20)15(3)7-12-18(5-2)28-24(32)16-8-10-17(25)11-9-16;1-2-3-4/h4-14H,3H2,1-2H3,(H,27,31)(H,28,32)(H,26,29,30);2H,1,3H2/b6-4+,12-7-,18-5+;. The maximum Gasteiger partial charge on any atom is 0.255 e. The highest BCUT2D eigenvalue weighted by atomic mass is 35.5. The number of alkyl halides is 1. The SMILES string of the molecule is C=C(/C=C\C(=C/C)NC(=O)c1ccc(Cl)cc1)c1nc2ncc(NC(=O)/C=C/C)cc2[nH]1.C=CCCl. The highest BCUT2D eigenvalue weighted by Crippen LogP contribution is 2.19. The molecular weight excluding hydrogens is 497 g/mol. The van der Waals surface area contributed by atoms with E-state index >= 15 is 0 Å². The number of carbonyl (C=O) groups excluding carboxylic acids is 2. The molecule has 3 N–H and O–H groups in total. The van der Waals surface area contributed by atoms with E-state index < -0.39 is 0 Å². The van der Waals surface area contributed by atoms with Gasteiger partial charge in [-0.15, -0.1) is 18.2 Å². The fourth-order valence-electron chi connectivity index (χ4n) is 2.74. The van der Waals surface area contributed by atoms with Gasteiger partial charge >= 0.3 is 0 Å². The molecule has 0 unspecified atom stereocenters. The van der Waals surface area contributed by atoms with E-state index in [2.05, 4.69) is 38.7 Å². The van der Waals surface area contributed by atoms with Crippen molar-refractivity contribution in [1.29, 1.82) is 0 Å². The van der Waals surface area contributed by atoms with Crippen molar-refractivity contribution >= 4 is 57.4 Å². The van der Waals surface area contributed by atoms with Gasteiger partial charge in [-0.1, -0.05) is 36.4 Å². The molecule has 0 fully saturated rings. The molecule has 2 amide bonds. The first kappa shape index (κ1) is 28.3. The number of aromatic nitrogens is 3. The van der Waals surface area contributed by atoms with Crippen LogP contribution in [0.15, 0.2) is 91.8 Å². The Balaban J connectivity index is 0.00000106. The maximum absolute atomic E-state index is 12.4. The molecule has 0 saturated heterocycles. The van der Waals surface area contributed by atoms with Gasteiger partial charge in [0.2, 0.25) is 5.91 Å². The number of carbonyl (C=O) groups is 2. The quantitative estimate of drug-likeness (QED) is 0.137. The van der Waals surface area contributed by atoms with Crippen LogP contribution in [0.4, 0.5) is 5.69 Å². The molecule has 0 spiro atoms. The van der Waals surface area contributed by atoms with E-state index in [1.807, 2.05) is 6.92 Å². The number of anilines is 1. The van der Waals surface area contributed by atoms with Crippen LogP contribution in [-0.2, 0) is 4.79 Å². The van der Waals surface area contributed by atoms with Crippen LogP contribution in [0.5, 0.6) is 0 Å². The van der Waals surface area contributed by atoms with Crippen molar-refractivity contribution in [3.63, 3.8) is 0 Å². The minimum absolute atomic E-state index is 0.236. The lowest BCUT2D eigenvalue weighted by atomic mass is 10.2. The molecule has 0 aliphatic carbocycles. The van der Waals surface area contributed by atoms with Crippen molar-refractivity contribution in [3.8, 4) is 0 Å². The second kappa shape index (κ2) is 14.5. The minimum atomic E-state index is -0.245. The van der Waals surface area contributed by atoms with Gasteiger partial charge in [-0.25, -0.2) is 9.97 Å². The average Bonchev–Trinajstić information content (AvgIpc) is 3.30. The highest BCUT2D eigenvalue weighted by molar-refractivity contribution is 6.30. The van der Waals surface area contributed by atoms with Crippen molar-refractivity contribution in [2.45, 2.75) is 13.8 Å². The summed E-state index contributed by atoms with van der Waals surface area (Å²) in [6, 6.07) is 8.39.